The highest BCUT2D eigenvalue weighted by Gasteiger charge is 2.21. The SMILES string of the molecule is CCCCN1CCC(CN2CCOCC2)CC1. The second-order valence-corrected chi connectivity index (χ2v) is 5.55. The van der Waals surface area contributed by atoms with Crippen molar-refractivity contribution in [2.45, 2.75) is 32.6 Å². The van der Waals surface area contributed by atoms with Crippen LogP contribution in [0.4, 0.5) is 0 Å². The van der Waals surface area contributed by atoms with E-state index in [-0.39, 0.29) is 0 Å². The number of hydrogen-bond donors (Lipinski definition) is 0. The average Bonchev–Trinajstić information content (AvgIpc) is 2.39. The maximum Gasteiger partial charge on any atom is 0.0594 e. The fraction of sp³-hybridized carbons (Fsp3) is 1.00. The molecule has 0 aromatic rings. The predicted molar refractivity (Wildman–Crippen MR) is 71.3 cm³/mol. The maximum atomic E-state index is 5.40. The Bertz CT molecular complexity index is 196. The Morgan fingerprint density at radius 3 is 2.35 bits per heavy atom. The third-order valence-electron chi connectivity index (χ3n) is 4.16. The molecule has 0 saturated carbocycles. The van der Waals surface area contributed by atoms with E-state index in [4.69, 9.17) is 4.74 Å². The first-order valence-electron chi connectivity index (χ1n) is 7.41. The van der Waals surface area contributed by atoms with Gasteiger partial charge in [0.1, 0.15) is 0 Å². The van der Waals surface area contributed by atoms with Crippen LogP contribution < -0.4 is 0 Å². The van der Waals surface area contributed by atoms with Gasteiger partial charge in [0.15, 0.2) is 0 Å². The summed E-state index contributed by atoms with van der Waals surface area (Å²) in [6.45, 7) is 11.7. The van der Waals surface area contributed by atoms with Crippen molar-refractivity contribution < 1.29 is 4.74 Å². The molecule has 100 valence electrons. The summed E-state index contributed by atoms with van der Waals surface area (Å²) >= 11 is 0. The van der Waals surface area contributed by atoms with Crippen molar-refractivity contribution in [3.05, 3.63) is 0 Å². The maximum absolute atomic E-state index is 5.40. The van der Waals surface area contributed by atoms with Gasteiger partial charge in [-0.05, 0) is 44.8 Å². The topological polar surface area (TPSA) is 15.7 Å². The molecule has 2 aliphatic rings. The molecule has 0 N–H and O–H groups in total. The van der Waals surface area contributed by atoms with Crippen LogP contribution >= 0.6 is 0 Å². The predicted octanol–water partition coefficient (Wildman–Crippen LogP) is 1.83. The van der Waals surface area contributed by atoms with Crippen molar-refractivity contribution in [1.29, 1.82) is 0 Å². The van der Waals surface area contributed by atoms with Crippen LogP contribution in [-0.4, -0.2) is 62.3 Å². The molecule has 0 unspecified atom stereocenters. The lowest BCUT2D eigenvalue weighted by Crippen LogP contribution is -2.43. The number of hydrogen-bond acceptors (Lipinski definition) is 3. The van der Waals surface area contributed by atoms with Gasteiger partial charge in [0, 0.05) is 19.6 Å². The van der Waals surface area contributed by atoms with Gasteiger partial charge in [0.2, 0.25) is 0 Å². The van der Waals surface area contributed by atoms with Gasteiger partial charge < -0.3 is 9.64 Å². The van der Waals surface area contributed by atoms with Gasteiger partial charge in [0.05, 0.1) is 13.2 Å². The lowest BCUT2D eigenvalue weighted by atomic mass is 9.96. The summed E-state index contributed by atoms with van der Waals surface area (Å²) in [5, 5.41) is 0. The first-order chi connectivity index (χ1) is 8.38. The van der Waals surface area contributed by atoms with Crippen molar-refractivity contribution in [2.24, 2.45) is 5.92 Å². The highest BCUT2D eigenvalue weighted by atomic mass is 16.5. The van der Waals surface area contributed by atoms with Crippen LogP contribution in [0.1, 0.15) is 32.6 Å². The van der Waals surface area contributed by atoms with Crippen LogP contribution in [0.5, 0.6) is 0 Å². The first-order valence-corrected chi connectivity index (χ1v) is 7.41. The van der Waals surface area contributed by atoms with Gasteiger partial charge in [-0.1, -0.05) is 13.3 Å². The minimum atomic E-state index is 0.936. The Balaban J connectivity index is 1.61. The molecule has 0 aromatic heterocycles. The van der Waals surface area contributed by atoms with E-state index in [0.717, 1.165) is 32.2 Å². The number of morpholine rings is 1. The van der Waals surface area contributed by atoms with E-state index in [9.17, 15) is 0 Å². The third kappa shape index (κ3) is 4.57. The molecule has 2 saturated heterocycles. The van der Waals surface area contributed by atoms with Gasteiger partial charge in [-0.3, -0.25) is 4.90 Å². The molecule has 0 spiro atoms. The van der Waals surface area contributed by atoms with E-state index in [0.29, 0.717) is 0 Å². The number of nitrogens with zero attached hydrogens (tertiary/aromatic N) is 2. The summed E-state index contributed by atoms with van der Waals surface area (Å²) in [7, 11) is 0. The summed E-state index contributed by atoms with van der Waals surface area (Å²) in [5.74, 6) is 0.936. The number of likely N-dealkylation sites (tertiary alicyclic amines) is 1. The first kappa shape index (κ1) is 13.3. The van der Waals surface area contributed by atoms with E-state index < -0.39 is 0 Å². The molecule has 3 heteroatoms. The standard InChI is InChI=1S/C14H28N2O/c1-2-3-6-15-7-4-14(5-8-15)13-16-9-11-17-12-10-16/h14H,2-13H2,1H3. The van der Waals surface area contributed by atoms with Crippen molar-refractivity contribution in [3.8, 4) is 0 Å². The minimum absolute atomic E-state index is 0.936. The van der Waals surface area contributed by atoms with E-state index in [1.807, 2.05) is 0 Å². The molecule has 2 aliphatic heterocycles. The van der Waals surface area contributed by atoms with Crippen molar-refractivity contribution >= 4 is 0 Å². The zero-order chi connectivity index (χ0) is 11.9. The molecule has 0 radical (unpaired) electrons. The lowest BCUT2D eigenvalue weighted by Gasteiger charge is -2.36. The quantitative estimate of drug-likeness (QED) is 0.729. The fourth-order valence-electron chi connectivity index (χ4n) is 2.92. The van der Waals surface area contributed by atoms with Crippen LogP contribution in [0.15, 0.2) is 0 Å². The smallest absolute Gasteiger partial charge is 0.0594 e. The van der Waals surface area contributed by atoms with Crippen molar-refractivity contribution in [2.75, 3.05) is 52.5 Å². The zero-order valence-corrected chi connectivity index (χ0v) is 11.4. The second-order valence-electron chi connectivity index (χ2n) is 5.55. The number of ether oxygens (including phenoxy) is 1. The summed E-state index contributed by atoms with van der Waals surface area (Å²) < 4.78 is 5.40. The van der Waals surface area contributed by atoms with Gasteiger partial charge in [0.25, 0.3) is 0 Å². The summed E-state index contributed by atoms with van der Waals surface area (Å²) in [4.78, 5) is 5.25. The average molecular weight is 240 g/mol. The number of piperidine rings is 1. The van der Waals surface area contributed by atoms with Crippen LogP contribution in [0.3, 0.4) is 0 Å². The summed E-state index contributed by atoms with van der Waals surface area (Å²) in [6.07, 6.45) is 5.50. The summed E-state index contributed by atoms with van der Waals surface area (Å²) in [5.41, 5.74) is 0. The Morgan fingerprint density at radius 2 is 1.71 bits per heavy atom. The molecule has 2 fully saturated rings. The van der Waals surface area contributed by atoms with E-state index in [1.165, 1.54) is 51.9 Å². The second kappa shape index (κ2) is 7.34. The molecular weight excluding hydrogens is 212 g/mol. The number of unbranched alkanes of at least 4 members (excludes halogenated alkanes) is 1. The Morgan fingerprint density at radius 1 is 1.00 bits per heavy atom. The van der Waals surface area contributed by atoms with Crippen molar-refractivity contribution in [3.63, 3.8) is 0 Å². The van der Waals surface area contributed by atoms with Crippen LogP contribution in [0.2, 0.25) is 0 Å². The highest BCUT2D eigenvalue weighted by molar-refractivity contribution is 4.76. The zero-order valence-electron chi connectivity index (χ0n) is 11.4. The lowest BCUT2D eigenvalue weighted by molar-refractivity contribution is 0.0245. The molecule has 0 aliphatic carbocycles. The molecule has 0 aromatic carbocycles. The van der Waals surface area contributed by atoms with Crippen LogP contribution in [0, 0.1) is 5.92 Å². The van der Waals surface area contributed by atoms with Gasteiger partial charge in [-0.2, -0.15) is 0 Å². The fourth-order valence-corrected chi connectivity index (χ4v) is 2.92. The van der Waals surface area contributed by atoms with Crippen molar-refractivity contribution in [1.82, 2.24) is 9.80 Å². The van der Waals surface area contributed by atoms with Gasteiger partial charge in [-0.25, -0.2) is 0 Å². The Labute approximate surface area is 106 Å². The molecule has 0 bridgehead atoms. The number of rotatable bonds is 5. The summed E-state index contributed by atoms with van der Waals surface area (Å²) in [6, 6.07) is 0. The Hall–Kier alpha value is -0.120. The van der Waals surface area contributed by atoms with E-state index >= 15 is 0 Å². The molecule has 17 heavy (non-hydrogen) atoms. The van der Waals surface area contributed by atoms with Gasteiger partial charge >= 0.3 is 0 Å². The largest absolute Gasteiger partial charge is 0.379 e. The molecule has 2 rings (SSSR count). The Kier molecular flexibility index (Phi) is 5.75. The molecule has 3 nitrogen and oxygen atoms in total. The monoisotopic (exact) mass is 240 g/mol. The highest BCUT2D eigenvalue weighted by Crippen LogP contribution is 2.19. The normalized spacial score (nSPS) is 25.2. The molecule has 0 amide bonds. The molecule has 2 heterocycles. The van der Waals surface area contributed by atoms with Gasteiger partial charge in [-0.15, -0.1) is 0 Å². The third-order valence-corrected chi connectivity index (χ3v) is 4.16. The van der Waals surface area contributed by atoms with Crippen LogP contribution in [-0.2, 0) is 4.74 Å². The van der Waals surface area contributed by atoms with Crippen LogP contribution in [0.25, 0.3) is 0 Å². The minimum Gasteiger partial charge on any atom is -0.379 e. The van der Waals surface area contributed by atoms with E-state index in [2.05, 4.69) is 16.7 Å². The van der Waals surface area contributed by atoms with E-state index in [1.54, 1.807) is 0 Å². The molecular formula is C14H28N2O. The molecule has 0 atom stereocenters.